The van der Waals surface area contributed by atoms with Crippen molar-refractivity contribution in [2.75, 3.05) is 13.2 Å². The molecule has 1 N–H and O–H groups in total. The van der Waals surface area contributed by atoms with Gasteiger partial charge in [0.25, 0.3) is 0 Å². The van der Waals surface area contributed by atoms with Crippen LogP contribution in [-0.2, 0) is 5.54 Å². The summed E-state index contributed by atoms with van der Waals surface area (Å²) in [7, 11) is 0. The summed E-state index contributed by atoms with van der Waals surface area (Å²) in [5.41, 5.74) is 0.943. The van der Waals surface area contributed by atoms with E-state index in [1.807, 2.05) is 44.0 Å². The van der Waals surface area contributed by atoms with E-state index in [0.29, 0.717) is 24.5 Å². The lowest BCUT2D eigenvalue weighted by Gasteiger charge is -2.22. The Morgan fingerprint density at radius 2 is 1.96 bits per heavy atom. The van der Waals surface area contributed by atoms with Gasteiger partial charge in [0.05, 0.1) is 24.3 Å². The van der Waals surface area contributed by atoms with Crippen molar-refractivity contribution < 1.29 is 13.9 Å². The minimum absolute atomic E-state index is 0.120. The number of allylic oxidation sites excluding steroid dienone is 1. The largest absolute Gasteiger partial charge is 0.490 e. The molecule has 0 radical (unpaired) electrons. The number of benzene rings is 1. The van der Waals surface area contributed by atoms with Crippen molar-refractivity contribution in [3.05, 3.63) is 35.3 Å². The lowest BCUT2D eigenvalue weighted by molar-refractivity contribution is 0.274. The Morgan fingerprint density at radius 1 is 1.26 bits per heavy atom. The smallest absolute Gasteiger partial charge is 0.197 e. The number of rotatable bonds is 6. The lowest BCUT2D eigenvalue weighted by Crippen LogP contribution is -2.28. The first-order valence-electron chi connectivity index (χ1n) is 8.28. The molecule has 1 spiro atoms. The van der Waals surface area contributed by atoms with Crippen LogP contribution in [0.5, 0.6) is 11.5 Å². The molecule has 1 aromatic carbocycles. The first kappa shape index (κ1) is 15.8. The quantitative estimate of drug-likeness (QED) is 0.856. The predicted octanol–water partition coefficient (Wildman–Crippen LogP) is 4.18. The third-order valence-corrected chi connectivity index (χ3v) is 4.43. The van der Waals surface area contributed by atoms with Gasteiger partial charge in [-0.05, 0) is 44.7 Å². The highest BCUT2D eigenvalue weighted by Crippen LogP contribution is 2.59. The number of fused-ring (bicyclic) bond motifs is 2. The summed E-state index contributed by atoms with van der Waals surface area (Å²) in [5, 5.41) is 8.44. The highest BCUT2D eigenvalue weighted by Gasteiger charge is 2.57. The predicted molar refractivity (Wildman–Crippen MR) is 87.7 cm³/mol. The maximum absolute atomic E-state index is 15.1. The molecule has 1 heterocycles. The first-order valence-corrected chi connectivity index (χ1v) is 8.28. The molecule has 0 amide bonds. The van der Waals surface area contributed by atoms with E-state index >= 15 is 4.39 Å². The van der Waals surface area contributed by atoms with Crippen LogP contribution in [0, 0.1) is 11.2 Å². The number of hydrogen-bond donors (Lipinski definition) is 1. The second kappa shape index (κ2) is 5.87. The second-order valence-corrected chi connectivity index (χ2v) is 5.85. The highest BCUT2D eigenvalue weighted by molar-refractivity contribution is 6.04. The van der Waals surface area contributed by atoms with E-state index in [4.69, 9.17) is 14.9 Å². The molecule has 1 aliphatic carbocycles. The Morgan fingerprint density at radius 3 is 2.52 bits per heavy atom. The van der Waals surface area contributed by atoms with Crippen molar-refractivity contribution >= 4 is 5.84 Å². The van der Waals surface area contributed by atoms with E-state index in [9.17, 15) is 0 Å². The van der Waals surface area contributed by atoms with Crippen molar-refractivity contribution in [2.24, 2.45) is 0 Å². The number of ether oxygens (including phenoxy) is 2. The molecule has 124 valence electrons. The summed E-state index contributed by atoms with van der Waals surface area (Å²) in [6, 6.07) is 1.87. The lowest BCUT2D eigenvalue weighted by atomic mass is 10.0. The van der Waals surface area contributed by atoms with E-state index in [-0.39, 0.29) is 17.1 Å². The minimum atomic E-state index is -0.475. The minimum Gasteiger partial charge on any atom is -0.490 e. The van der Waals surface area contributed by atoms with Crippen LogP contribution >= 0.6 is 0 Å². The van der Waals surface area contributed by atoms with Gasteiger partial charge in [-0.1, -0.05) is 13.0 Å². The average molecular weight is 318 g/mol. The van der Waals surface area contributed by atoms with Crippen molar-refractivity contribution in [1.29, 1.82) is 5.41 Å². The van der Waals surface area contributed by atoms with Gasteiger partial charge in [-0.15, -0.1) is 0 Å². The van der Waals surface area contributed by atoms with Crippen molar-refractivity contribution in [3.63, 3.8) is 0 Å². The normalized spacial score (nSPS) is 17.9. The molecule has 1 saturated carbocycles. The molecule has 0 aromatic heterocycles. The second-order valence-electron chi connectivity index (χ2n) is 5.85. The van der Waals surface area contributed by atoms with Crippen LogP contribution in [0.25, 0.3) is 0 Å². The fourth-order valence-corrected chi connectivity index (χ4v) is 3.27. The van der Waals surface area contributed by atoms with Gasteiger partial charge >= 0.3 is 0 Å². The van der Waals surface area contributed by atoms with Crippen LogP contribution in [0.1, 0.15) is 51.2 Å². The fourth-order valence-electron chi connectivity index (χ4n) is 3.27. The standard InChI is InChI=1S/C18H23FN2O2/c1-4-7-10-21-17(20)14-12(18(21)8-9-18)11-13(22-5-2)16(15(14)19)23-6-3/h7,10-11,20H,4-6,8-9H2,1-3H3. The van der Waals surface area contributed by atoms with E-state index in [0.717, 1.165) is 24.8 Å². The molecule has 5 heteroatoms. The molecule has 0 bridgehead atoms. The van der Waals surface area contributed by atoms with Gasteiger partial charge in [0.2, 0.25) is 0 Å². The van der Waals surface area contributed by atoms with Crippen LogP contribution in [-0.4, -0.2) is 23.9 Å². The van der Waals surface area contributed by atoms with Crippen LogP contribution in [0.15, 0.2) is 18.3 Å². The molecule has 2 aliphatic rings. The summed E-state index contributed by atoms with van der Waals surface area (Å²) in [6.45, 7) is 6.53. The van der Waals surface area contributed by atoms with E-state index < -0.39 is 5.82 Å². The zero-order valence-electron chi connectivity index (χ0n) is 13.9. The van der Waals surface area contributed by atoms with Crippen LogP contribution < -0.4 is 9.47 Å². The summed E-state index contributed by atoms with van der Waals surface area (Å²) < 4.78 is 26.1. The molecule has 0 atom stereocenters. The molecule has 1 aliphatic heterocycles. The fraction of sp³-hybridized carbons (Fsp3) is 0.500. The Kier molecular flexibility index (Phi) is 4.04. The summed E-state index contributed by atoms with van der Waals surface area (Å²) >= 11 is 0. The van der Waals surface area contributed by atoms with E-state index in [2.05, 4.69) is 0 Å². The molecule has 4 nitrogen and oxygen atoms in total. The molecular weight excluding hydrogens is 295 g/mol. The number of nitrogens with one attached hydrogen (secondary N) is 1. The van der Waals surface area contributed by atoms with Crippen LogP contribution in [0.3, 0.4) is 0 Å². The monoisotopic (exact) mass is 318 g/mol. The Balaban J connectivity index is 2.15. The van der Waals surface area contributed by atoms with Gasteiger partial charge in [-0.25, -0.2) is 4.39 Å². The number of hydrogen-bond acceptors (Lipinski definition) is 3. The first-order chi connectivity index (χ1) is 11.1. The third kappa shape index (κ3) is 2.30. The highest BCUT2D eigenvalue weighted by atomic mass is 19.1. The summed E-state index contributed by atoms with van der Waals surface area (Å²) in [4.78, 5) is 1.90. The maximum Gasteiger partial charge on any atom is 0.197 e. The van der Waals surface area contributed by atoms with Gasteiger partial charge in [0.15, 0.2) is 17.3 Å². The third-order valence-electron chi connectivity index (χ3n) is 4.43. The van der Waals surface area contributed by atoms with E-state index in [1.165, 1.54) is 0 Å². The molecule has 0 unspecified atom stereocenters. The Hall–Kier alpha value is -2.04. The van der Waals surface area contributed by atoms with Gasteiger partial charge in [0, 0.05) is 6.20 Å². The topological polar surface area (TPSA) is 45.6 Å². The van der Waals surface area contributed by atoms with Gasteiger partial charge in [-0.2, -0.15) is 0 Å². The van der Waals surface area contributed by atoms with Crippen LogP contribution in [0.2, 0.25) is 0 Å². The zero-order chi connectivity index (χ0) is 16.6. The SMILES string of the molecule is CCC=CN1C(=N)c2c(cc(OCC)c(OCC)c2F)C12CC2. The summed E-state index contributed by atoms with van der Waals surface area (Å²) in [6.07, 6.45) is 6.65. The molecule has 23 heavy (non-hydrogen) atoms. The maximum atomic E-state index is 15.1. The molecule has 1 aromatic rings. The average Bonchev–Trinajstić information content (AvgIpc) is 3.28. The van der Waals surface area contributed by atoms with Gasteiger partial charge in [0.1, 0.15) is 5.84 Å². The Bertz CT molecular complexity index is 665. The number of nitrogens with zero attached hydrogens (tertiary/aromatic N) is 1. The van der Waals surface area contributed by atoms with Gasteiger partial charge in [-0.3, -0.25) is 5.41 Å². The van der Waals surface area contributed by atoms with Crippen molar-refractivity contribution in [1.82, 2.24) is 4.90 Å². The van der Waals surface area contributed by atoms with Crippen molar-refractivity contribution in [3.8, 4) is 11.5 Å². The molecular formula is C18H23FN2O2. The molecule has 1 fully saturated rings. The zero-order valence-corrected chi connectivity index (χ0v) is 13.9. The van der Waals surface area contributed by atoms with Gasteiger partial charge < -0.3 is 14.4 Å². The summed E-state index contributed by atoms with van der Waals surface area (Å²) in [5.74, 6) is 0.293. The number of amidine groups is 1. The van der Waals surface area contributed by atoms with Crippen molar-refractivity contribution in [2.45, 2.75) is 45.6 Å². The number of halogens is 1. The van der Waals surface area contributed by atoms with Crippen LogP contribution in [0.4, 0.5) is 4.39 Å². The molecule has 0 saturated heterocycles. The molecule has 3 rings (SSSR count). The Labute approximate surface area is 136 Å². The van der Waals surface area contributed by atoms with E-state index in [1.54, 1.807) is 0 Å².